The van der Waals surface area contributed by atoms with Crippen LogP contribution in [-0.4, -0.2) is 34.5 Å². The lowest BCUT2D eigenvalue weighted by Crippen LogP contribution is -2.45. The number of nitrogens with zero attached hydrogens (tertiary/aromatic N) is 2. The third-order valence-electron chi connectivity index (χ3n) is 4.06. The third-order valence-corrected chi connectivity index (χ3v) is 4.06. The molecule has 1 aliphatic heterocycles. The second-order valence-electron chi connectivity index (χ2n) is 6.18. The minimum atomic E-state index is -1.11. The number of carbonyl (C=O) groups is 2. The topological polar surface area (TPSA) is 93.4 Å². The molecule has 2 N–H and O–H groups in total. The van der Waals surface area contributed by atoms with E-state index in [4.69, 9.17) is 5.11 Å². The second-order valence-corrected chi connectivity index (χ2v) is 6.18. The summed E-state index contributed by atoms with van der Waals surface area (Å²) in [4.78, 5) is 25.3. The second kappa shape index (κ2) is 7.64. The Kier molecular flexibility index (Phi) is 5.59. The van der Waals surface area contributed by atoms with Crippen LogP contribution in [0.2, 0.25) is 0 Å². The largest absolute Gasteiger partial charge is 0.480 e. The number of carbonyl (C=O) groups excluding carboxylic acids is 1. The molecule has 1 amide bonds. The lowest BCUT2D eigenvalue weighted by Gasteiger charge is -2.28. The molecule has 0 radical (unpaired) electrons. The molecule has 1 aliphatic rings. The van der Waals surface area contributed by atoms with Gasteiger partial charge in [-0.15, -0.1) is 0 Å². The molecular formula is C18H21N3O3. The number of amides is 1. The molecule has 1 heterocycles. The highest BCUT2D eigenvalue weighted by Gasteiger charge is 2.25. The summed E-state index contributed by atoms with van der Waals surface area (Å²) in [6, 6.07) is 8.92. The molecular weight excluding hydrogens is 306 g/mol. The van der Waals surface area contributed by atoms with Crippen molar-refractivity contribution in [1.29, 1.82) is 5.26 Å². The fourth-order valence-corrected chi connectivity index (χ4v) is 2.68. The molecule has 0 spiro atoms. The van der Waals surface area contributed by atoms with Crippen molar-refractivity contribution >= 4 is 11.9 Å². The van der Waals surface area contributed by atoms with Crippen LogP contribution in [0, 0.1) is 17.2 Å². The Morgan fingerprint density at radius 2 is 2.00 bits per heavy atom. The number of benzene rings is 1. The van der Waals surface area contributed by atoms with Gasteiger partial charge in [0.2, 0.25) is 0 Å². The maximum atomic E-state index is 12.2. The van der Waals surface area contributed by atoms with Crippen molar-refractivity contribution < 1.29 is 14.7 Å². The summed E-state index contributed by atoms with van der Waals surface area (Å²) in [5, 5.41) is 20.8. The standard InChI is InChI=1S/C18H21N3O3/c1-12(2)16(18(23)24)20-17(22)15(9-19)11-21-8-7-13-5-3-4-6-14(13)10-21/h3-6,11-12,16H,7-8,10H2,1-2H3,(H,20,22)(H,23,24)/b15-11-. The van der Waals surface area contributed by atoms with E-state index in [2.05, 4.69) is 11.4 Å². The van der Waals surface area contributed by atoms with Crippen molar-refractivity contribution in [3.05, 3.63) is 47.2 Å². The number of hydrogen-bond donors (Lipinski definition) is 2. The minimum Gasteiger partial charge on any atom is -0.480 e. The first-order valence-corrected chi connectivity index (χ1v) is 7.88. The zero-order valence-corrected chi connectivity index (χ0v) is 13.8. The van der Waals surface area contributed by atoms with Gasteiger partial charge in [0.15, 0.2) is 0 Å². The molecule has 0 saturated heterocycles. The summed E-state index contributed by atoms with van der Waals surface area (Å²) in [6.45, 7) is 4.75. The summed E-state index contributed by atoms with van der Waals surface area (Å²) in [7, 11) is 0. The smallest absolute Gasteiger partial charge is 0.326 e. The predicted octanol–water partition coefficient (Wildman–Crippen LogP) is 1.68. The molecule has 24 heavy (non-hydrogen) atoms. The highest BCUT2D eigenvalue weighted by Crippen LogP contribution is 2.19. The molecule has 126 valence electrons. The Bertz CT molecular complexity index is 704. The van der Waals surface area contributed by atoms with Gasteiger partial charge in [0.1, 0.15) is 17.7 Å². The van der Waals surface area contributed by atoms with Crippen molar-refractivity contribution in [3.8, 4) is 6.07 Å². The van der Waals surface area contributed by atoms with Gasteiger partial charge in [-0.25, -0.2) is 4.79 Å². The van der Waals surface area contributed by atoms with Crippen LogP contribution in [-0.2, 0) is 22.6 Å². The van der Waals surface area contributed by atoms with Crippen molar-refractivity contribution in [1.82, 2.24) is 10.2 Å². The van der Waals surface area contributed by atoms with E-state index in [-0.39, 0.29) is 11.5 Å². The van der Waals surface area contributed by atoms with Crippen molar-refractivity contribution in [2.75, 3.05) is 6.54 Å². The summed E-state index contributed by atoms with van der Waals surface area (Å²) >= 11 is 0. The lowest BCUT2D eigenvalue weighted by molar-refractivity contribution is -0.142. The Morgan fingerprint density at radius 3 is 2.58 bits per heavy atom. The normalized spacial score (nSPS) is 15.4. The maximum absolute atomic E-state index is 12.2. The Morgan fingerprint density at radius 1 is 1.33 bits per heavy atom. The molecule has 1 aromatic rings. The third kappa shape index (κ3) is 4.13. The zero-order chi connectivity index (χ0) is 17.7. The van der Waals surface area contributed by atoms with Gasteiger partial charge >= 0.3 is 5.97 Å². The molecule has 6 heteroatoms. The summed E-state index contributed by atoms with van der Waals surface area (Å²) in [6.07, 6.45) is 2.36. The van der Waals surface area contributed by atoms with Crippen LogP contribution in [0.4, 0.5) is 0 Å². The first-order valence-electron chi connectivity index (χ1n) is 7.88. The highest BCUT2D eigenvalue weighted by molar-refractivity contribution is 5.99. The number of nitriles is 1. The number of fused-ring (bicyclic) bond motifs is 1. The van der Waals surface area contributed by atoms with E-state index in [0.29, 0.717) is 13.1 Å². The van der Waals surface area contributed by atoms with Gasteiger partial charge in [-0.3, -0.25) is 4.79 Å². The maximum Gasteiger partial charge on any atom is 0.326 e. The number of carboxylic acid groups (broad SMARTS) is 1. The first kappa shape index (κ1) is 17.5. The summed E-state index contributed by atoms with van der Waals surface area (Å²) < 4.78 is 0. The molecule has 1 atom stereocenters. The van der Waals surface area contributed by atoms with Gasteiger partial charge in [-0.1, -0.05) is 38.1 Å². The average molecular weight is 327 g/mol. The lowest BCUT2D eigenvalue weighted by atomic mass is 10.00. The van der Waals surface area contributed by atoms with E-state index in [1.54, 1.807) is 13.8 Å². The predicted molar refractivity (Wildman–Crippen MR) is 88.7 cm³/mol. The van der Waals surface area contributed by atoms with Crippen molar-refractivity contribution in [2.45, 2.75) is 32.9 Å². The Balaban J connectivity index is 2.11. The molecule has 0 bridgehead atoms. The van der Waals surface area contributed by atoms with E-state index in [9.17, 15) is 14.9 Å². The SMILES string of the molecule is CC(C)C(NC(=O)/C(C#N)=C\N1CCc2ccccc2C1)C(=O)O. The number of nitrogens with one attached hydrogen (secondary N) is 1. The summed E-state index contributed by atoms with van der Waals surface area (Å²) in [5.74, 6) is -2.03. The molecule has 2 rings (SSSR count). The number of hydrogen-bond acceptors (Lipinski definition) is 4. The number of aliphatic carboxylic acids is 1. The van der Waals surface area contributed by atoms with E-state index in [1.807, 2.05) is 29.2 Å². The fraction of sp³-hybridized carbons (Fsp3) is 0.389. The van der Waals surface area contributed by atoms with E-state index in [0.717, 1.165) is 6.42 Å². The minimum absolute atomic E-state index is 0.0821. The van der Waals surface area contributed by atoms with E-state index < -0.39 is 17.9 Å². The van der Waals surface area contributed by atoms with Crippen LogP contribution in [0.3, 0.4) is 0 Å². The average Bonchev–Trinajstić information content (AvgIpc) is 2.56. The van der Waals surface area contributed by atoms with Gasteiger partial charge in [0, 0.05) is 19.3 Å². The first-order chi connectivity index (χ1) is 11.4. The Hall–Kier alpha value is -2.81. The molecule has 0 fully saturated rings. The van der Waals surface area contributed by atoms with Crippen LogP contribution in [0.5, 0.6) is 0 Å². The summed E-state index contributed by atoms with van der Waals surface area (Å²) in [5.41, 5.74) is 2.36. The molecule has 0 saturated carbocycles. The molecule has 0 aromatic heterocycles. The van der Waals surface area contributed by atoms with Gasteiger partial charge in [0.25, 0.3) is 5.91 Å². The number of rotatable bonds is 5. The van der Waals surface area contributed by atoms with E-state index in [1.165, 1.54) is 17.3 Å². The van der Waals surface area contributed by atoms with Crippen LogP contribution < -0.4 is 5.32 Å². The van der Waals surface area contributed by atoms with Crippen LogP contribution in [0.15, 0.2) is 36.0 Å². The van der Waals surface area contributed by atoms with Gasteiger partial charge in [0.05, 0.1) is 0 Å². The Labute approximate surface area is 141 Å². The zero-order valence-electron chi connectivity index (χ0n) is 13.8. The quantitative estimate of drug-likeness (QED) is 0.634. The van der Waals surface area contributed by atoms with E-state index >= 15 is 0 Å². The van der Waals surface area contributed by atoms with Crippen LogP contribution >= 0.6 is 0 Å². The van der Waals surface area contributed by atoms with Crippen LogP contribution in [0.1, 0.15) is 25.0 Å². The molecule has 1 aromatic carbocycles. The fourth-order valence-electron chi connectivity index (χ4n) is 2.68. The molecule has 1 unspecified atom stereocenters. The van der Waals surface area contributed by atoms with Crippen molar-refractivity contribution in [2.24, 2.45) is 5.92 Å². The number of carboxylic acids is 1. The van der Waals surface area contributed by atoms with Gasteiger partial charge in [-0.2, -0.15) is 5.26 Å². The van der Waals surface area contributed by atoms with Gasteiger partial charge in [-0.05, 0) is 23.5 Å². The molecule has 0 aliphatic carbocycles. The molecule has 6 nitrogen and oxygen atoms in total. The highest BCUT2D eigenvalue weighted by atomic mass is 16.4. The van der Waals surface area contributed by atoms with Crippen LogP contribution in [0.25, 0.3) is 0 Å². The van der Waals surface area contributed by atoms with Crippen molar-refractivity contribution in [3.63, 3.8) is 0 Å². The van der Waals surface area contributed by atoms with Gasteiger partial charge < -0.3 is 15.3 Å². The monoisotopic (exact) mass is 327 g/mol.